The zero-order chi connectivity index (χ0) is 11.7. The minimum absolute atomic E-state index is 0.0720. The third-order valence-electron chi connectivity index (χ3n) is 3.19. The molecule has 1 N–H and O–H groups in total. The van der Waals surface area contributed by atoms with Gasteiger partial charge in [0, 0.05) is 6.54 Å². The maximum Gasteiger partial charge on any atom is 0.307 e. The van der Waals surface area contributed by atoms with Crippen molar-refractivity contribution in [1.29, 1.82) is 0 Å². The third-order valence-corrected chi connectivity index (χ3v) is 3.19. The van der Waals surface area contributed by atoms with E-state index in [0.717, 1.165) is 12.8 Å². The SMILES string of the molecule is C#CCN(CC1CC1)C(=O)C1CC1C(=O)O. The van der Waals surface area contributed by atoms with E-state index in [1.165, 1.54) is 0 Å². The van der Waals surface area contributed by atoms with Gasteiger partial charge in [0.2, 0.25) is 5.91 Å². The van der Waals surface area contributed by atoms with Crippen LogP contribution in [0.5, 0.6) is 0 Å². The van der Waals surface area contributed by atoms with Gasteiger partial charge in [0.15, 0.2) is 0 Å². The van der Waals surface area contributed by atoms with Crippen molar-refractivity contribution >= 4 is 11.9 Å². The number of amides is 1. The molecule has 2 unspecified atom stereocenters. The van der Waals surface area contributed by atoms with Gasteiger partial charge in [-0.25, -0.2) is 0 Å². The largest absolute Gasteiger partial charge is 0.481 e. The van der Waals surface area contributed by atoms with Crippen molar-refractivity contribution in [3.05, 3.63) is 0 Å². The van der Waals surface area contributed by atoms with Gasteiger partial charge in [0.05, 0.1) is 18.4 Å². The molecule has 16 heavy (non-hydrogen) atoms. The molecule has 2 aliphatic rings. The molecule has 0 bridgehead atoms. The number of carboxylic acids is 1. The van der Waals surface area contributed by atoms with Gasteiger partial charge in [-0.1, -0.05) is 5.92 Å². The molecule has 0 spiro atoms. The fraction of sp³-hybridized carbons (Fsp3) is 0.667. The molecule has 0 saturated heterocycles. The average molecular weight is 221 g/mol. The van der Waals surface area contributed by atoms with Crippen LogP contribution in [0.3, 0.4) is 0 Å². The quantitative estimate of drug-likeness (QED) is 0.691. The van der Waals surface area contributed by atoms with Crippen molar-refractivity contribution in [2.75, 3.05) is 13.1 Å². The molecule has 2 rings (SSSR count). The number of terminal acetylenes is 1. The molecule has 0 radical (unpaired) electrons. The summed E-state index contributed by atoms with van der Waals surface area (Å²) in [6.07, 6.45) is 8.00. The fourth-order valence-corrected chi connectivity index (χ4v) is 1.93. The van der Waals surface area contributed by atoms with Gasteiger partial charge in [0.25, 0.3) is 0 Å². The lowest BCUT2D eigenvalue weighted by Gasteiger charge is -2.19. The molecule has 4 nitrogen and oxygen atoms in total. The topological polar surface area (TPSA) is 57.6 Å². The molecule has 0 aromatic heterocycles. The van der Waals surface area contributed by atoms with Crippen molar-refractivity contribution < 1.29 is 14.7 Å². The van der Waals surface area contributed by atoms with Crippen LogP contribution in [0.1, 0.15) is 19.3 Å². The van der Waals surface area contributed by atoms with Crippen molar-refractivity contribution in [2.45, 2.75) is 19.3 Å². The zero-order valence-corrected chi connectivity index (χ0v) is 9.06. The summed E-state index contributed by atoms with van der Waals surface area (Å²) in [5.41, 5.74) is 0. The van der Waals surface area contributed by atoms with Crippen LogP contribution in [0, 0.1) is 30.1 Å². The molecule has 0 aromatic carbocycles. The van der Waals surface area contributed by atoms with Crippen LogP contribution in [-0.2, 0) is 9.59 Å². The Kier molecular flexibility index (Phi) is 2.86. The minimum Gasteiger partial charge on any atom is -0.481 e. The molecule has 0 aromatic rings. The highest BCUT2D eigenvalue weighted by atomic mass is 16.4. The molecule has 4 heteroatoms. The lowest BCUT2D eigenvalue weighted by Crippen LogP contribution is -2.35. The van der Waals surface area contributed by atoms with E-state index in [1.807, 2.05) is 0 Å². The molecule has 86 valence electrons. The Labute approximate surface area is 94.6 Å². The summed E-state index contributed by atoms with van der Waals surface area (Å²) >= 11 is 0. The molecule has 0 heterocycles. The molecule has 2 aliphatic carbocycles. The molecule has 1 amide bonds. The summed E-state index contributed by atoms with van der Waals surface area (Å²) in [6, 6.07) is 0. The Hall–Kier alpha value is -1.50. The second kappa shape index (κ2) is 4.17. The van der Waals surface area contributed by atoms with Gasteiger partial charge in [-0.3, -0.25) is 9.59 Å². The number of carbonyl (C=O) groups excluding carboxylic acids is 1. The molecular formula is C12H15NO3. The third kappa shape index (κ3) is 2.35. The van der Waals surface area contributed by atoms with Crippen molar-refractivity contribution in [1.82, 2.24) is 4.90 Å². The number of carboxylic acid groups (broad SMARTS) is 1. The Morgan fingerprint density at radius 1 is 1.38 bits per heavy atom. The van der Waals surface area contributed by atoms with E-state index in [-0.39, 0.29) is 11.8 Å². The minimum atomic E-state index is -0.870. The van der Waals surface area contributed by atoms with E-state index in [4.69, 9.17) is 11.5 Å². The first kappa shape index (κ1) is 11.0. The first-order valence-electron chi connectivity index (χ1n) is 5.58. The van der Waals surface area contributed by atoms with Gasteiger partial charge < -0.3 is 10.0 Å². The summed E-state index contributed by atoms with van der Waals surface area (Å²) in [5, 5.41) is 8.77. The first-order chi connectivity index (χ1) is 7.63. The van der Waals surface area contributed by atoms with Gasteiger partial charge in [-0.05, 0) is 25.2 Å². The van der Waals surface area contributed by atoms with Crippen LogP contribution in [0.4, 0.5) is 0 Å². The second-order valence-electron chi connectivity index (χ2n) is 4.65. The van der Waals surface area contributed by atoms with Crippen LogP contribution in [0.25, 0.3) is 0 Å². The number of rotatable bonds is 5. The number of carbonyl (C=O) groups is 2. The van der Waals surface area contributed by atoms with Crippen LogP contribution < -0.4 is 0 Å². The van der Waals surface area contributed by atoms with Crippen LogP contribution in [0.15, 0.2) is 0 Å². The Morgan fingerprint density at radius 2 is 2.06 bits per heavy atom. The Balaban J connectivity index is 1.90. The normalized spacial score (nSPS) is 26.9. The lowest BCUT2D eigenvalue weighted by molar-refractivity contribution is -0.141. The summed E-state index contributed by atoms with van der Waals surface area (Å²) in [4.78, 5) is 24.3. The van der Waals surface area contributed by atoms with E-state index in [1.54, 1.807) is 4.90 Å². The summed E-state index contributed by atoms with van der Waals surface area (Å²) in [7, 11) is 0. The molecule has 0 aliphatic heterocycles. The highest BCUT2D eigenvalue weighted by molar-refractivity contribution is 5.89. The van der Waals surface area contributed by atoms with E-state index >= 15 is 0 Å². The Morgan fingerprint density at radius 3 is 2.50 bits per heavy atom. The van der Waals surface area contributed by atoms with Gasteiger partial charge in [0.1, 0.15) is 0 Å². The van der Waals surface area contributed by atoms with Gasteiger partial charge >= 0.3 is 5.97 Å². The van der Waals surface area contributed by atoms with Crippen LogP contribution in [0.2, 0.25) is 0 Å². The monoisotopic (exact) mass is 221 g/mol. The molecular weight excluding hydrogens is 206 g/mol. The highest BCUT2D eigenvalue weighted by Gasteiger charge is 2.50. The van der Waals surface area contributed by atoms with E-state index in [9.17, 15) is 9.59 Å². The summed E-state index contributed by atoms with van der Waals surface area (Å²) in [6.45, 7) is 1.00. The number of hydrogen-bond acceptors (Lipinski definition) is 2. The Bertz CT molecular complexity index is 354. The maximum atomic E-state index is 11.9. The van der Waals surface area contributed by atoms with E-state index < -0.39 is 11.9 Å². The first-order valence-corrected chi connectivity index (χ1v) is 5.58. The van der Waals surface area contributed by atoms with Crippen LogP contribution in [-0.4, -0.2) is 35.0 Å². The highest BCUT2D eigenvalue weighted by Crippen LogP contribution is 2.41. The van der Waals surface area contributed by atoms with Gasteiger partial charge in [-0.15, -0.1) is 6.42 Å². The predicted molar refractivity (Wildman–Crippen MR) is 57.4 cm³/mol. The summed E-state index contributed by atoms with van der Waals surface area (Å²) in [5.74, 6) is 1.30. The average Bonchev–Trinajstić information content (AvgIpc) is 3.10. The summed E-state index contributed by atoms with van der Waals surface area (Å²) < 4.78 is 0. The lowest BCUT2D eigenvalue weighted by atomic mass is 10.2. The molecule has 2 fully saturated rings. The molecule has 2 saturated carbocycles. The molecule has 2 atom stereocenters. The van der Waals surface area contributed by atoms with Crippen LogP contribution >= 0.6 is 0 Å². The van der Waals surface area contributed by atoms with Crippen molar-refractivity contribution in [2.24, 2.45) is 17.8 Å². The number of hydrogen-bond donors (Lipinski definition) is 1. The maximum absolute atomic E-state index is 11.9. The van der Waals surface area contributed by atoms with Gasteiger partial charge in [-0.2, -0.15) is 0 Å². The second-order valence-corrected chi connectivity index (χ2v) is 4.65. The standard InChI is InChI=1S/C12H15NO3/c1-2-5-13(7-8-3-4-8)11(14)9-6-10(9)12(15)16/h1,8-10H,3-7H2,(H,15,16). The zero-order valence-electron chi connectivity index (χ0n) is 9.06. The van der Waals surface area contributed by atoms with E-state index in [2.05, 4.69) is 5.92 Å². The number of nitrogens with zero attached hydrogens (tertiary/aromatic N) is 1. The predicted octanol–water partition coefficient (Wildman–Crippen LogP) is 0.579. The van der Waals surface area contributed by atoms with E-state index in [0.29, 0.717) is 25.4 Å². The van der Waals surface area contributed by atoms with Crippen molar-refractivity contribution in [3.63, 3.8) is 0 Å². The fourth-order valence-electron chi connectivity index (χ4n) is 1.93. The smallest absolute Gasteiger partial charge is 0.307 e. The number of aliphatic carboxylic acids is 1. The van der Waals surface area contributed by atoms with Crippen molar-refractivity contribution in [3.8, 4) is 12.3 Å².